The van der Waals surface area contributed by atoms with Crippen LogP contribution in [0.3, 0.4) is 0 Å². The molecule has 3 rings (SSSR count). The van der Waals surface area contributed by atoms with E-state index in [9.17, 15) is 4.79 Å². The maximum absolute atomic E-state index is 12.2. The van der Waals surface area contributed by atoms with E-state index >= 15 is 0 Å². The minimum absolute atomic E-state index is 0.00982. The van der Waals surface area contributed by atoms with E-state index < -0.39 is 0 Å². The van der Waals surface area contributed by atoms with Gasteiger partial charge in [0.2, 0.25) is 11.9 Å². The molecule has 1 fully saturated rings. The number of likely N-dealkylation sites (N-methyl/N-ethyl adjacent to an activating group) is 1. The van der Waals surface area contributed by atoms with Gasteiger partial charge < -0.3 is 20.9 Å². The zero-order chi connectivity index (χ0) is 15.1. The average Bonchev–Trinajstić information content (AvgIpc) is 2.35. The SMILES string of the molecule is Cc1nc(NC2CNC2)nc2c1NC(=O)[C@H](C(C)C)N2C. The monoisotopic (exact) mass is 290 g/mol. The number of nitrogens with one attached hydrogen (secondary N) is 3. The van der Waals surface area contributed by atoms with E-state index in [4.69, 9.17) is 0 Å². The molecule has 2 aliphatic heterocycles. The summed E-state index contributed by atoms with van der Waals surface area (Å²) in [7, 11) is 1.92. The Morgan fingerprint density at radius 3 is 2.62 bits per heavy atom. The van der Waals surface area contributed by atoms with Crippen LogP contribution in [0.2, 0.25) is 0 Å². The molecular formula is C14H22N6O. The first-order chi connectivity index (χ1) is 9.97. The minimum Gasteiger partial charge on any atom is -0.349 e. The molecule has 1 atom stereocenters. The van der Waals surface area contributed by atoms with Gasteiger partial charge in [0.25, 0.3) is 0 Å². The summed E-state index contributed by atoms with van der Waals surface area (Å²) in [5, 5.41) is 9.48. The number of carbonyl (C=O) groups excluding carboxylic acids is 1. The number of hydrogen-bond donors (Lipinski definition) is 3. The Morgan fingerprint density at radius 1 is 1.33 bits per heavy atom. The third-order valence-corrected chi connectivity index (χ3v) is 4.09. The molecule has 3 N–H and O–H groups in total. The second-order valence-electron chi connectivity index (χ2n) is 6.12. The first-order valence-electron chi connectivity index (χ1n) is 7.37. The number of aryl methyl sites for hydroxylation is 1. The lowest BCUT2D eigenvalue weighted by Crippen LogP contribution is -2.52. The zero-order valence-corrected chi connectivity index (χ0v) is 12.9. The van der Waals surface area contributed by atoms with Crippen molar-refractivity contribution in [2.45, 2.75) is 32.9 Å². The van der Waals surface area contributed by atoms with E-state index in [2.05, 4.69) is 25.9 Å². The van der Waals surface area contributed by atoms with Gasteiger partial charge in [0.15, 0.2) is 5.82 Å². The normalized spacial score (nSPS) is 21.9. The zero-order valence-electron chi connectivity index (χ0n) is 12.9. The Morgan fingerprint density at radius 2 is 2.05 bits per heavy atom. The molecule has 7 nitrogen and oxygen atoms in total. The second kappa shape index (κ2) is 5.14. The van der Waals surface area contributed by atoms with E-state index in [0.29, 0.717) is 12.0 Å². The first kappa shape index (κ1) is 14.1. The smallest absolute Gasteiger partial charge is 0.247 e. The highest BCUT2D eigenvalue weighted by atomic mass is 16.2. The predicted molar refractivity (Wildman–Crippen MR) is 82.7 cm³/mol. The number of nitrogens with zero attached hydrogens (tertiary/aromatic N) is 3. The van der Waals surface area contributed by atoms with Crippen molar-refractivity contribution in [2.24, 2.45) is 5.92 Å². The predicted octanol–water partition coefficient (Wildman–Crippen LogP) is 0.582. The van der Waals surface area contributed by atoms with Crippen LogP contribution in [-0.2, 0) is 4.79 Å². The Hall–Kier alpha value is -1.89. The van der Waals surface area contributed by atoms with Crippen molar-refractivity contribution in [1.29, 1.82) is 0 Å². The molecule has 0 aromatic carbocycles. The maximum atomic E-state index is 12.2. The minimum atomic E-state index is -0.204. The fourth-order valence-electron chi connectivity index (χ4n) is 2.85. The van der Waals surface area contributed by atoms with Crippen LogP contribution in [0.4, 0.5) is 17.5 Å². The molecule has 0 bridgehead atoms. The van der Waals surface area contributed by atoms with Gasteiger partial charge in [-0.25, -0.2) is 4.98 Å². The molecule has 7 heteroatoms. The molecule has 0 unspecified atom stereocenters. The number of fused-ring (bicyclic) bond motifs is 1. The van der Waals surface area contributed by atoms with Crippen LogP contribution in [0.5, 0.6) is 0 Å². The van der Waals surface area contributed by atoms with Crippen molar-refractivity contribution in [2.75, 3.05) is 35.7 Å². The molecule has 1 saturated heterocycles. The number of rotatable bonds is 3. The number of amides is 1. The van der Waals surface area contributed by atoms with Crippen LogP contribution in [0.15, 0.2) is 0 Å². The van der Waals surface area contributed by atoms with Gasteiger partial charge in [0, 0.05) is 20.1 Å². The topological polar surface area (TPSA) is 82.2 Å². The van der Waals surface area contributed by atoms with Crippen molar-refractivity contribution in [3.8, 4) is 0 Å². The van der Waals surface area contributed by atoms with Crippen molar-refractivity contribution >= 4 is 23.4 Å². The maximum Gasteiger partial charge on any atom is 0.247 e. The first-order valence-corrected chi connectivity index (χ1v) is 7.37. The lowest BCUT2D eigenvalue weighted by atomic mass is 9.99. The van der Waals surface area contributed by atoms with Crippen LogP contribution in [0.1, 0.15) is 19.5 Å². The van der Waals surface area contributed by atoms with Crippen LogP contribution < -0.4 is 20.9 Å². The summed E-state index contributed by atoms with van der Waals surface area (Å²) in [6.07, 6.45) is 0. The Balaban J connectivity index is 1.95. The molecule has 0 aliphatic carbocycles. The molecule has 0 saturated carbocycles. The quantitative estimate of drug-likeness (QED) is 0.755. The molecule has 2 aliphatic rings. The molecule has 21 heavy (non-hydrogen) atoms. The number of aromatic nitrogens is 2. The summed E-state index contributed by atoms with van der Waals surface area (Å²) >= 11 is 0. The van der Waals surface area contributed by atoms with E-state index in [1.165, 1.54) is 0 Å². The lowest BCUT2D eigenvalue weighted by Gasteiger charge is -2.37. The van der Waals surface area contributed by atoms with Gasteiger partial charge >= 0.3 is 0 Å². The number of hydrogen-bond acceptors (Lipinski definition) is 6. The number of carbonyl (C=O) groups is 1. The summed E-state index contributed by atoms with van der Waals surface area (Å²) in [6, 6.07) is 0.178. The highest BCUT2D eigenvalue weighted by Gasteiger charge is 2.35. The van der Waals surface area contributed by atoms with Crippen LogP contribution >= 0.6 is 0 Å². The standard InChI is InChI=1S/C14H22N6O/c1-7(2)11-13(21)18-10-8(3)16-14(17-9-5-15-6-9)19-12(10)20(11)4/h7,9,11,15H,5-6H2,1-4H3,(H,18,21)(H,16,17,19)/t11-/m0/s1. The van der Waals surface area contributed by atoms with Crippen LogP contribution in [0, 0.1) is 12.8 Å². The Labute approximate surface area is 124 Å². The van der Waals surface area contributed by atoms with E-state index in [1.54, 1.807) is 0 Å². The highest BCUT2D eigenvalue weighted by molar-refractivity contribution is 6.03. The third kappa shape index (κ3) is 2.42. The molecule has 0 radical (unpaired) electrons. The summed E-state index contributed by atoms with van der Waals surface area (Å²) in [6.45, 7) is 7.84. The van der Waals surface area contributed by atoms with Gasteiger partial charge in [-0.3, -0.25) is 4.79 Å². The van der Waals surface area contributed by atoms with Crippen molar-refractivity contribution in [3.05, 3.63) is 5.69 Å². The molecule has 1 aromatic rings. The van der Waals surface area contributed by atoms with Gasteiger partial charge in [0.1, 0.15) is 11.7 Å². The summed E-state index contributed by atoms with van der Waals surface area (Å²) < 4.78 is 0. The fourth-order valence-corrected chi connectivity index (χ4v) is 2.85. The third-order valence-electron chi connectivity index (χ3n) is 4.09. The van der Waals surface area contributed by atoms with Gasteiger partial charge in [-0.1, -0.05) is 13.8 Å². The molecule has 0 spiro atoms. The molecule has 1 amide bonds. The molecule has 114 valence electrons. The van der Waals surface area contributed by atoms with E-state index in [0.717, 1.165) is 30.3 Å². The fraction of sp³-hybridized carbons (Fsp3) is 0.643. The van der Waals surface area contributed by atoms with Gasteiger partial charge in [-0.05, 0) is 12.8 Å². The Kier molecular flexibility index (Phi) is 3.44. The highest BCUT2D eigenvalue weighted by Crippen LogP contribution is 2.34. The average molecular weight is 290 g/mol. The molecule has 1 aromatic heterocycles. The lowest BCUT2D eigenvalue weighted by molar-refractivity contribution is -0.118. The van der Waals surface area contributed by atoms with Gasteiger partial charge in [-0.15, -0.1) is 0 Å². The summed E-state index contributed by atoms with van der Waals surface area (Å²) in [5.41, 5.74) is 1.51. The van der Waals surface area contributed by atoms with Gasteiger partial charge in [-0.2, -0.15) is 4.98 Å². The van der Waals surface area contributed by atoms with Crippen molar-refractivity contribution in [1.82, 2.24) is 15.3 Å². The van der Waals surface area contributed by atoms with Gasteiger partial charge in [0.05, 0.1) is 11.7 Å². The van der Waals surface area contributed by atoms with Crippen LogP contribution in [-0.4, -0.2) is 48.1 Å². The largest absolute Gasteiger partial charge is 0.349 e. The summed E-state index contributed by atoms with van der Waals surface area (Å²) in [4.78, 5) is 23.3. The Bertz CT molecular complexity index is 569. The number of anilines is 3. The molecular weight excluding hydrogens is 268 g/mol. The van der Waals surface area contributed by atoms with E-state index in [-0.39, 0.29) is 17.9 Å². The second-order valence-corrected chi connectivity index (χ2v) is 6.12. The van der Waals surface area contributed by atoms with Crippen LogP contribution in [0.25, 0.3) is 0 Å². The summed E-state index contributed by atoms with van der Waals surface area (Å²) in [5.74, 6) is 1.64. The molecule has 3 heterocycles. The van der Waals surface area contributed by atoms with Crippen molar-refractivity contribution in [3.63, 3.8) is 0 Å². The van der Waals surface area contributed by atoms with E-state index in [1.807, 2.05) is 32.7 Å². The van der Waals surface area contributed by atoms with Crippen molar-refractivity contribution < 1.29 is 4.79 Å².